The van der Waals surface area contributed by atoms with E-state index in [1.54, 1.807) is 11.3 Å². The number of nitrogens with one attached hydrogen (secondary N) is 1. The largest absolute Gasteiger partial charge is 0.350 e. The van der Waals surface area contributed by atoms with Gasteiger partial charge >= 0.3 is 0 Å². The minimum Gasteiger partial charge on any atom is -0.350 e. The highest BCUT2D eigenvalue weighted by atomic mass is 32.1. The molecule has 0 spiro atoms. The summed E-state index contributed by atoms with van der Waals surface area (Å²) in [4.78, 5) is 25.5. The van der Waals surface area contributed by atoms with Gasteiger partial charge in [-0.2, -0.15) is 5.10 Å². The molecule has 0 unspecified atom stereocenters. The van der Waals surface area contributed by atoms with Crippen LogP contribution in [-0.4, -0.2) is 39.2 Å². The van der Waals surface area contributed by atoms with Crippen LogP contribution in [0.1, 0.15) is 52.0 Å². The quantitative estimate of drug-likeness (QED) is 0.874. The average molecular weight is 375 g/mol. The van der Waals surface area contributed by atoms with Gasteiger partial charge in [0.1, 0.15) is 12.2 Å². The second-order valence-corrected chi connectivity index (χ2v) is 9.69. The monoisotopic (exact) mass is 374 g/mol. The van der Waals surface area contributed by atoms with Crippen LogP contribution in [0.2, 0.25) is 0 Å². The molecule has 0 atom stereocenters. The molecule has 6 nitrogen and oxygen atoms in total. The summed E-state index contributed by atoms with van der Waals surface area (Å²) in [6.45, 7) is 12.4. The Hall–Kier alpha value is -2.15. The van der Waals surface area contributed by atoms with Gasteiger partial charge in [0.15, 0.2) is 0 Å². The smallest absolute Gasteiger partial charge is 0.291 e. The summed E-state index contributed by atoms with van der Waals surface area (Å²) in [5.41, 5.74) is 1.92. The zero-order chi connectivity index (χ0) is 19.3. The predicted molar refractivity (Wildman–Crippen MR) is 106 cm³/mol. The van der Waals surface area contributed by atoms with Crippen LogP contribution in [0.5, 0.6) is 0 Å². The van der Waals surface area contributed by atoms with Crippen LogP contribution < -0.4 is 5.32 Å². The Bertz CT molecular complexity index is 893. The molecule has 2 aromatic heterocycles. The fourth-order valence-corrected chi connectivity index (χ4v) is 3.74. The Morgan fingerprint density at radius 3 is 2.58 bits per heavy atom. The van der Waals surface area contributed by atoms with E-state index in [0.29, 0.717) is 12.2 Å². The summed E-state index contributed by atoms with van der Waals surface area (Å²) in [7, 11) is 0. The Morgan fingerprint density at radius 2 is 1.96 bits per heavy atom. The molecule has 26 heavy (non-hydrogen) atoms. The zero-order valence-corrected chi connectivity index (χ0v) is 17.0. The molecule has 1 N–H and O–H groups in total. The number of nitrogens with zero attached hydrogens (tertiary/aromatic N) is 3. The number of hydrazone groups is 1. The molecule has 0 fully saturated rings. The van der Waals surface area contributed by atoms with Crippen molar-refractivity contribution in [2.45, 2.75) is 53.6 Å². The molecule has 0 radical (unpaired) electrons. The van der Waals surface area contributed by atoms with Crippen molar-refractivity contribution in [1.82, 2.24) is 14.9 Å². The fraction of sp³-hybridized carbons (Fsp3) is 0.526. The van der Waals surface area contributed by atoms with E-state index in [9.17, 15) is 9.59 Å². The molecule has 2 aromatic rings. The zero-order valence-electron chi connectivity index (χ0n) is 16.2. The van der Waals surface area contributed by atoms with Gasteiger partial charge in [0.05, 0.1) is 22.5 Å². The van der Waals surface area contributed by atoms with E-state index >= 15 is 0 Å². The molecule has 1 aliphatic heterocycles. The normalized spacial score (nSPS) is 15.7. The number of hydrogen-bond donors (Lipinski definition) is 1. The highest BCUT2D eigenvalue weighted by molar-refractivity contribution is 7.17. The van der Waals surface area contributed by atoms with Crippen LogP contribution in [0, 0.1) is 5.41 Å². The first-order chi connectivity index (χ1) is 12.0. The molecule has 7 heteroatoms. The van der Waals surface area contributed by atoms with Crippen molar-refractivity contribution in [2.24, 2.45) is 10.5 Å². The third kappa shape index (κ3) is 3.67. The lowest BCUT2D eigenvalue weighted by Crippen LogP contribution is -2.46. The van der Waals surface area contributed by atoms with Gasteiger partial charge < -0.3 is 9.88 Å². The van der Waals surface area contributed by atoms with Crippen LogP contribution >= 0.6 is 11.3 Å². The molecule has 0 aliphatic carbocycles. The molecule has 0 aromatic carbocycles. The molecule has 0 bridgehead atoms. The van der Waals surface area contributed by atoms with Gasteiger partial charge in [0.25, 0.3) is 5.91 Å². The van der Waals surface area contributed by atoms with Crippen LogP contribution in [0.25, 0.3) is 10.2 Å². The van der Waals surface area contributed by atoms with Crippen molar-refractivity contribution >= 4 is 39.1 Å². The fourth-order valence-electron chi connectivity index (χ4n) is 2.92. The Balaban J connectivity index is 2.01. The predicted octanol–water partition coefficient (Wildman–Crippen LogP) is 3.48. The molecule has 3 rings (SSSR count). The van der Waals surface area contributed by atoms with E-state index in [0.717, 1.165) is 15.9 Å². The molecule has 140 valence electrons. The topological polar surface area (TPSA) is 66.7 Å². The molecule has 0 saturated heterocycles. The number of thiophene rings is 1. The number of carbonyl (C=O) groups is 2. The number of rotatable bonds is 2. The first-order valence-electron chi connectivity index (χ1n) is 8.73. The summed E-state index contributed by atoms with van der Waals surface area (Å²) >= 11 is 1.61. The lowest BCUT2D eigenvalue weighted by atomic mass is 9.90. The molecular weight excluding hydrogens is 348 g/mol. The van der Waals surface area contributed by atoms with E-state index < -0.39 is 0 Å². The van der Waals surface area contributed by atoms with Gasteiger partial charge in [0.2, 0.25) is 5.91 Å². The summed E-state index contributed by atoms with van der Waals surface area (Å²) in [5.74, 6) is -0.457. The first kappa shape index (κ1) is 18.6. The van der Waals surface area contributed by atoms with Gasteiger partial charge in [-0.1, -0.05) is 20.8 Å². The highest BCUT2D eigenvalue weighted by Gasteiger charge is 2.32. The molecule has 0 saturated carbocycles. The summed E-state index contributed by atoms with van der Waals surface area (Å²) in [5, 5.41) is 10.8. The number of aromatic nitrogens is 1. The third-order valence-electron chi connectivity index (χ3n) is 4.20. The number of hydrogen-bond acceptors (Lipinski definition) is 4. The number of fused-ring (bicyclic) bond motifs is 3. The Morgan fingerprint density at radius 1 is 1.27 bits per heavy atom. The molecular formula is C19H26N4O2S. The van der Waals surface area contributed by atoms with Crippen molar-refractivity contribution in [2.75, 3.05) is 6.54 Å². The Kier molecular flexibility index (Phi) is 4.46. The van der Waals surface area contributed by atoms with E-state index in [4.69, 9.17) is 0 Å². The van der Waals surface area contributed by atoms with Gasteiger partial charge in [-0.3, -0.25) is 9.59 Å². The SMILES string of the molecule is CC(C)(C)NC(=O)CN1N=C(C(C)(C)C)Cn2c(cc3sccc32)C1=O. The number of amides is 2. The molecule has 1 aliphatic rings. The van der Waals surface area contributed by atoms with Gasteiger partial charge in [0, 0.05) is 11.0 Å². The van der Waals surface area contributed by atoms with E-state index in [1.807, 2.05) is 42.9 Å². The maximum Gasteiger partial charge on any atom is 0.291 e. The number of carbonyl (C=O) groups excluding carboxylic acids is 2. The van der Waals surface area contributed by atoms with Crippen molar-refractivity contribution in [1.29, 1.82) is 0 Å². The summed E-state index contributed by atoms with van der Waals surface area (Å²) in [6, 6.07) is 3.93. The van der Waals surface area contributed by atoms with Crippen LogP contribution in [0.4, 0.5) is 0 Å². The maximum atomic E-state index is 13.1. The second-order valence-electron chi connectivity index (χ2n) is 8.74. The van der Waals surface area contributed by atoms with Crippen molar-refractivity contribution in [3.05, 3.63) is 23.2 Å². The summed E-state index contributed by atoms with van der Waals surface area (Å²) < 4.78 is 3.09. The van der Waals surface area contributed by atoms with Crippen LogP contribution in [0.15, 0.2) is 22.6 Å². The molecule has 2 amide bonds. The van der Waals surface area contributed by atoms with Crippen LogP contribution in [0.3, 0.4) is 0 Å². The second kappa shape index (κ2) is 6.23. The average Bonchev–Trinajstić information content (AvgIpc) is 3.00. The minimum atomic E-state index is -0.356. The maximum absolute atomic E-state index is 13.1. The minimum absolute atomic E-state index is 0.0888. The van der Waals surface area contributed by atoms with E-state index in [1.165, 1.54) is 5.01 Å². The van der Waals surface area contributed by atoms with Crippen molar-refractivity contribution in [3.63, 3.8) is 0 Å². The van der Waals surface area contributed by atoms with Gasteiger partial charge in [-0.05, 0) is 38.3 Å². The lowest BCUT2D eigenvalue weighted by Gasteiger charge is -2.25. The standard InChI is InChI=1S/C19H26N4O2S/c1-18(2,3)15-10-22-12-7-8-26-14(12)9-13(22)17(25)23(21-15)11-16(24)20-19(4,5)6/h7-9H,10-11H2,1-6H3,(H,20,24). The first-order valence-corrected chi connectivity index (χ1v) is 9.61. The van der Waals surface area contributed by atoms with Crippen molar-refractivity contribution < 1.29 is 9.59 Å². The van der Waals surface area contributed by atoms with Crippen molar-refractivity contribution in [3.8, 4) is 0 Å². The summed E-state index contributed by atoms with van der Waals surface area (Å²) in [6.07, 6.45) is 0. The van der Waals surface area contributed by atoms with Crippen LogP contribution in [-0.2, 0) is 11.3 Å². The lowest BCUT2D eigenvalue weighted by molar-refractivity contribution is -0.123. The third-order valence-corrected chi connectivity index (χ3v) is 5.05. The van der Waals surface area contributed by atoms with E-state index in [-0.39, 0.29) is 29.3 Å². The Labute approximate surface area is 157 Å². The van der Waals surface area contributed by atoms with Gasteiger partial charge in [-0.15, -0.1) is 11.3 Å². The highest BCUT2D eigenvalue weighted by Crippen LogP contribution is 2.30. The van der Waals surface area contributed by atoms with E-state index in [2.05, 4.69) is 31.2 Å². The molecule has 3 heterocycles. The van der Waals surface area contributed by atoms with Gasteiger partial charge in [-0.25, -0.2) is 5.01 Å².